The second-order valence-corrected chi connectivity index (χ2v) is 5.17. The van der Waals surface area contributed by atoms with E-state index in [4.69, 9.17) is 9.52 Å². The van der Waals surface area contributed by atoms with Gasteiger partial charge in [0.15, 0.2) is 5.78 Å². The van der Waals surface area contributed by atoms with Crippen LogP contribution in [0.5, 0.6) is 5.75 Å². The number of aliphatic carboxylic acids is 1. The monoisotopic (exact) mass is 310 g/mol. The van der Waals surface area contributed by atoms with Crippen molar-refractivity contribution in [3.05, 3.63) is 65.4 Å². The van der Waals surface area contributed by atoms with Gasteiger partial charge < -0.3 is 14.6 Å². The number of fused-ring (bicyclic) bond motifs is 1. The van der Waals surface area contributed by atoms with Crippen LogP contribution in [0.1, 0.15) is 28.1 Å². The standard InChI is InChI=1S/C18H14O5/c19-12-6-7-14-13(10-12)17(15(23-14)8-9-16(20)21)18(22)11-4-2-1-3-5-11/h1-7,10,19H,8-9H2,(H,20,21). The molecule has 1 heterocycles. The van der Waals surface area contributed by atoms with Crippen molar-refractivity contribution < 1.29 is 24.2 Å². The summed E-state index contributed by atoms with van der Waals surface area (Å²) in [5, 5.41) is 19.0. The molecule has 2 aromatic carbocycles. The summed E-state index contributed by atoms with van der Waals surface area (Å²) in [4.78, 5) is 23.6. The summed E-state index contributed by atoms with van der Waals surface area (Å²) in [5.41, 5.74) is 1.24. The van der Waals surface area contributed by atoms with Crippen LogP contribution >= 0.6 is 0 Å². The summed E-state index contributed by atoms with van der Waals surface area (Å²) >= 11 is 0. The summed E-state index contributed by atoms with van der Waals surface area (Å²) < 4.78 is 5.65. The van der Waals surface area contributed by atoms with E-state index in [1.807, 2.05) is 0 Å². The van der Waals surface area contributed by atoms with Gasteiger partial charge in [0, 0.05) is 17.4 Å². The molecule has 0 saturated heterocycles. The number of rotatable bonds is 5. The molecule has 0 atom stereocenters. The molecule has 3 aromatic rings. The third kappa shape index (κ3) is 2.94. The molecule has 5 nitrogen and oxygen atoms in total. The van der Waals surface area contributed by atoms with Gasteiger partial charge in [-0.05, 0) is 18.2 Å². The quantitative estimate of drug-likeness (QED) is 0.705. The first-order valence-electron chi connectivity index (χ1n) is 7.12. The summed E-state index contributed by atoms with van der Waals surface area (Å²) in [7, 11) is 0. The van der Waals surface area contributed by atoms with Gasteiger partial charge in [0.1, 0.15) is 17.1 Å². The van der Waals surface area contributed by atoms with Gasteiger partial charge in [-0.25, -0.2) is 0 Å². The average Bonchev–Trinajstić information content (AvgIpc) is 2.90. The first-order chi connectivity index (χ1) is 11.1. The van der Waals surface area contributed by atoms with E-state index < -0.39 is 5.97 Å². The Hall–Kier alpha value is -3.08. The van der Waals surface area contributed by atoms with Crippen molar-refractivity contribution in [2.45, 2.75) is 12.8 Å². The molecule has 0 amide bonds. The third-order valence-electron chi connectivity index (χ3n) is 3.57. The van der Waals surface area contributed by atoms with Crippen LogP contribution in [-0.2, 0) is 11.2 Å². The van der Waals surface area contributed by atoms with Gasteiger partial charge in [0.05, 0.1) is 12.0 Å². The number of aromatic hydroxyl groups is 1. The maximum atomic E-state index is 12.8. The zero-order chi connectivity index (χ0) is 16.4. The lowest BCUT2D eigenvalue weighted by Crippen LogP contribution is -2.05. The van der Waals surface area contributed by atoms with Crippen molar-refractivity contribution in [2.24, 2.45) is 0 Å². The van der Waals surface area contributed by atoms with Crippen molar-refractivity contribution in [1.82, 2.24) is 0 Å². The van der Waals surface area contributed by atoms with Crippen LogP contribution < -0.4 is 0 Å². The highest BCUT2D eigenvalue weighted by Gasteiger charge is 2.22. The molecule has 0 radical (unpaired) electrons. The van der Waals surface area contributed by atoms with Crippen LogP contribution in [0, 0.1) is 0 Å². The third-order valence-corrected chi connectivity index (χ3v) is 3.57. The molecule has 0 unspecified atom stereocenters. The second-order valence-electron chi connectivity index (χ2n) is 5.17. The predicted octanol–water partition coefficient (Wildman–Crippen LogP) is 3.39. The topological polar surface area (TPSA) is 87.7 Å². The van der Waals surface area contributed by atoms with E-state index in [0.29, 0.717) is 27.9 Å². The molecule has 0 spiro atoms. The smallest absolute Gasteiger partial charge is 0.303 e. The van der Waals surface area contributed by atoms with E-state index in [1.165, 1.54) is 12.1 Å². The summed E-state index contributed by atoms with van der Waals surface area (Å²) in [6, 6.07) is 13.2. The number of furan rings is 1. The Bertz CT molecular complexity index is 877. The zero-order valence-corrected chi connectivity index (χ0v) is 12.2. The number of carbonyl (C=O) groups excluding carboxylic acids is 1. The van der Waals surface area contributed by atoms with Gasteiger partial charge in [-0.1, -0.05) is 30.3 Å². The highest BCUT2D eigenvalue weighted by molar-refractivity contribution is 6.17. The minimum Gasteiger partial charge on any atom is -0.508 e. The summed E-state index contributed by atoms with van der Waals surface area (Å²) in [6.45, 7) is 0. The average molecular weight is 310 g/mol. The molecule has 5 heteroatoms. The van der Waals surface area contributed by atoms with Crippen LogP contribution in [0.3, 0.4) is 0 Å². The number of aryl methyl sites for hydroxylation is 1. The molecule has 2 N–H and O–H groups in total. The zero-order valence-electron chi connectivity index (χ0n) is 12.2. The van der Waals surface area contributed by atoms with Crippen LogP contribution in [0.4, 0.5) is 0 Å². The second kappa shape index (κ2) is 5.96. The van der Waals surface area contributed by atoms with E-state index in [9.17, 15) is 14.7 Å². The fourth-order valence-electron chi connectivity index (χ4n) is 2.52. The fourth-order valence-corrected chi connectivity index (χ4v) is 2.52. The Balaban J connectivity index is 2.15. The van der Waals surface area contributed by atoms with Crippen molar-refractivity contribution in [3.8, 4) is 5.75 Å². The molecule has 0 saturated carbocycles. The predicted molar refractivity (Wildman–Crippen MR) is 83.7 cm³/mol. The Morgan fingerprint density at radius 3 is 2.48 bits per heavy atom. The fraction of sp³-hybridized carbons (Fsp3) is 0.111. The number of phenolic OH excluding ortho intramolecular Hbond substituents is 1. The molecular formula is C18H14O5. The molecule has 0 aliphatic heterocycles. The van der Waals surface area contributed by atoms with Crippen molar-refractivity contribution in [3.63, 3.8) is 0 Å². The summed E-state index contributed by atoms with van der Waals surface area (Å²) in [5.74, 6) is -0.881. The van der Waals surface area contributed by atoms with Crippen molar-refractivity contribution in [1.29, 1.82) is 0 Å². The van der Waals surface area contributed by atoms with Gasteiger partial charge in [-0.2, -0.15) is 0 Å². The largest absolute Gasteiger partial charge is 0.508 e. The normalized spacial score (nSPS) is 10.8. The minimum absolute atomic E-state index is 0.0187. The molecule has 0 aliphatic rings. The Morgan fingerprint density at radius 2 is 1.78 bits per heavy atom. The number of carbonyl (C=O) groups is 2. The number of hydrogen-bond acceptors (Lipinski definition) is 4. The number of hydrogen-bond donors (Lipinski definition) is 2. The number of ketones is 1. The number of carboxylic acids is 1. The maximum absolute atomic E-state index is 12.8. The molecule has 0 fully saturated rings. The first kappa shape index (κ1) is 14.8. The van der Waals surface area contributed by atoms with E-state index >= 15 is 0 Å². The van der Waals surface area contributed by atoms with Gasteiger partial charge in [-0.3, -0.25) is 9.59 Å². The van der Waals surface area contributed by atoms with Crippen LogP contribution in [-0.4, -0.2) is 22.0 Å². The van der Waals surface area contributed by atoms with Gasteiger partial charge >= 0.3 is 5.97 Å². The van der Waals surface area contributed by atoms with Crippen molar-refractivity contribution >= 4 is 22.7 Å². The van der Waals surface area contributed by atoms with E-state index in [-0.39, 0.29) is 24.4 Å². The summed E-state index contributed by atoms with van der Waals surface area (Å²) in [6.07, 6.45) is -0.0282. The highest BCUT2D eigenvalue weighted by atomic mass is 16.4. The lowest BCUT2D eigenvalue weighted by Gasteiger charge is -2.02. The van der Waals surface area contributed by atoms with Gasteiger partial charge in [0.2, 0.25) is 0 Å². The SMILES string of the molecule is O=C(O)CCc1oc2ccc(O)cc2c1C(=O)c1ccccc1. The number of benzene rings is 2. The number of carboxylic acid groups (broad SMARTS) is 1. The van der Waals surface area contributed by atoms with Crippen LogP contribution in [0.25, 0.3) is 11.0 Å². The molecule has 1 aromatic heterocycles. The maximum Gasteiger partial charge on any atom is 0.303 e. The lowest BCUT2D eigenvalue weighted by molar-refractivity contribution is -0.137. The van der Waals surface area contributed by atoms with Crippen LogP contribution in [0.15, 0.2) is 52.9 Å². The molecule has 116 valence electrons. The molecular weight excluding hydrogens is 296 g/mol. The lowest BCUT2D eigenvalue weighted by atomic mass is 9.98. The number of phenols is 1. The van der Waals surface area contributed by atoms with E-state index in [1.54, 1.807) is 36.4 Å². The first-order valence-corrected chi connectivity index (χ1v) is 7.12. The minimum atomic E-state index is -0.966. The van der Waals surface area contributed by atoms with Gasteiger partial charge in [0.25, 0.3) is 0 Å². The molecule has 0 bridgehead atoms. The van der Waals surface area contributed by atoms with Gasteiger partial charge in [-0.15, -0.1) is 0 Å². The Morgan fingerprint density at radius 1 is 1.04 bits per heavy atom. The van der Waals surface area contributed by atoms with Crippen LogP contribution in [0.2, 0.25) is 0 Å². The molecule has 23 heavy (non-hydrogen) atoms. The molecule has 3 rings (SSSR count). The van der Waals surface area contributed by atoms with E-state index in [0.717, 1.165) is 0 Å². The van der Waals surface area contributed by atoms with E-state index in [2.05, 4.69) is 0 Å². The Kier molecular flexibility index (Phi) is 3.85. The molecule has 0 aliphatic carbocycles. The Labute approximate surface area is 131 Å². The van der Waals surface area contributed by atoms with Crippen molar-refractivity contribution in [2.75, 3.05) is 0 Å². The highest BCUT2D eigenvalue weighted by Crippen LogP contribution is 2.31.